The van der Waals surface area contributed by atoms with Crippen LogP contribution in [0.2, 0.25) is 0 Å². The summed E-state index contributed by atoms with van der Waals surface area (Å²) in [5.41, 5.74) is 1.28. The molecule has 104 valence electrons. The largest absolute Gasteiger partial charge is 0.495 e. The lowest BCUT2D eigenvalue weighted by Gasteiger charge is -2.43. The first kappa shape index (κ1) is 13.3. The Morgan fingerprint density at radius 1 is 1.32 bits per heavy atom. The molecule has 0 amide bonds. The molecule has 0 aromatic heterocycles. The highest BCUT2D eigenvalue weighted by molar-refractivity contribution is 9.10. The van der Waals surface area contributed by atoms with Crippen LogP contribution in [0.1, 0.15) is 19.8 Å². The topological polar surface area (TPSA) is 15.7 Å². The van der Waals surface area contributed by atoms with Crippen molar-refractivity contribution >= 4 is 21.6 Å². The van der Waals surface area contributed by atoms with E-state index >= 15 is 0 Å². The number of fused-ring (bicyclic) bond motifs is 1. The Balaban J connectivity index is 1.84. The third kappa shape index (κ3) is 2.48. The van der Waals surface area contributed by atoms with Crippen molar-refractivity contribution in [2.45, 2.75) is 31.8 Å². The van der Waals surface area contributed by atoms with Gasteiger partial charge in [-0.3, -0.25) is 4.90 Å². The molecule has 3 nitrogen and oxygen atoms in total. The molecule has 3 rings (SSSR count). The van der Waals surface area contributed by atoms with Crippen molar-refractivity contribution in [3.05, 3.63) is 22.7 Å². The van der Waals surface area contributed by atoms with Crippen LogP contribution in [-0.2, 0) is 0 Å². The number of hydrogen-bond donors (Lipinski definition) is 0. The van der Waals surface area contributed by atoms with Gasteiger partial charge in [0.25, 0.3) is 0 Å². The summed E-state index contributed by atoms with van der Waals surface area (Å²) < 4.78 is 6.43. The predicted octanol–water partition coefficient (Wildman–Crippen LogP) is 3.13. The van der Waals surface area contributed by atoms with Crippen LogP contribution in [0.3, 0.4) is 0 Å². The third-order valence-corrected chi connectivity index (χ3v) is 5.06. The van der Waals surface area contributed by atoms with E-state index in [-0.39, 0.29) is 0 Å². The zero-order chi connectivity index (χ0) is 13.4. The van der Waals surface area contributed by atoms with Crippen LogP contribution in [0, 0.1) is 0 Å². The SMILES string of the molecule is COc1cc(N2CC3CCCN3CC2C)ccc1Br. The number of hydrogen-bond acceptors (Lipinski definition) is 3. The number of rotatable bonds is 2. The molecule has 2 unspecified atom stereocenters. The van der Waals surface area contributed by atoms with E-state index in [1.165, 1.54) is 31.6 Å². The number of piperazine rings is 1. The molecule has 0 radical (unpaired) electrons. The minimum Gasteiger partial charge on any atom is -0.495 e. The number of ether oxygens (including phenoxy) is 1. The Morgan fingerprint density at radius 3 is 2.95 bits per heavy atom. The molecule has 2 aliphatic rings. The fraction of sp³-hybridized carbons (Fsp3) is 0.600. The summed E-state index contributed by atoms with van der Waals surface area (Å²) in [7, 11) is 1.72. The lowest BCUT2D eigenvalue weighted by atomic mass is 10.1. The first-order chi connectivity index (χ1) is 9.19. The van der Waals surface area contributed by atoms with E-state index in [1.54, 1.807) is 7.11 Å². The smallest absolute Gasteiger partial charge is 0.135 e. The Morgan fingerprint density at radius 2 is 2.16 bits per heavy atom. The first-order valence-electron chi connectivity index (χ1n) is 7.03. The van der Waals surface area contributed by atoms with Crippen LogP contribution < -0.4 is 9.64 Å². The molecule has 2 saturated heterocycles. The van der Waals surface area contributed by atoms with E-state index in [2.05, 4.69) is 50.9 Å². The van der Waals surface area contributed by atoms with Crippen LogP contribution in [0.25, 0.3) is 0 Å². The quantitative estimate of drug-likeness (QED) is 0.831. The van der Waals surface area contributed by atoms with Gasteiger partial charge in [0.2, 0.25) is 0 Å². The van der Waals surface area contributed by atoms with Gasteiger partial charge in [-0.2, -0.15) is 0 Å². The summed E-state index contributed by atoms with van der Waals surface area (Å²) in [5, 5.41) is 0. The molecule has 2 heterocycles. The van der Waals surface area contributed by atoms with E-state index < -0.39 is 0 Å². The summed E-state index contributed by atoms with van der Waals surface area (Å²) in [6, 6.07) is 7.73. The number of halogens is 1. The van der Waals surface area contributed by atoms with Gasteiger partial charge in [0.15, 0.2) is 0 Å². The standard InChI is InChI=1S/C15H21BrN2O/c1-11-9-17-7-3-4-13(17)10-18(11)12-5-6-14(16)15(8-12)19-2/h5-6,8,11,13H,3-4,7,9-10H2,1-2H3. The molecule has 0 spiro atoms. The van der Waals surface area contributed by atoms with E-state index in [9.17, 15) is 0 Å². The highest BCUT2D eigenvalue weighted by atomic mass is 79.9. The minimum atomic E-state index is 0.570. The molecule has 2 atom stereocenters. The van der Waals surface area contributed by atoms with Crippen LogP contribution in [0.15, 0.2) is 22.7 Å². The molecular weight excluding hydrogens is 304 g/mol. The van der Waals surface area contributed by atoms with Crippen LogP contribution in [0.4, 0.5) is 5.69 Å². The van der Waals surface area contributed by atoms with Crippen LogP contribution >= 0.6 is 15.9 Å². The van der Waals surface area contributed by atoms with Gasteiger partial charge in [0.05, 0.1) is 11.6 Å². The number of nitrogens with zero attached hydrogens (tertiary/aromatic N) is 2. The van der Waals surface area contributed by atoms with Gasteiger partial charge in [-0.25, -0.2) is 0 Å². The zero-order valence-electron chi connectivity index (χ0n) is 11.6. The monoisotopic (exact) mass is 324 g/mol. The maximum atomic E-state index is 5.41. The average Bonchev–Trinajstić information content (AvgIpc) is 2.85. The minimum absolute atomic E-state index is 0.570. The molecule has 0 N–H and O–H groups in total. The predicted molar refractivity (Wildman–Crippen MR) is 82.1 cm³/mol. The van der Waals surface area contributed by atoms with Gasteiger partial charge >= 0.3 is 0 Å². The van der Waals surface area contributed by atoms with Gasteiger partial charge in [0.1, 0.15) is 5.75 Å². The zero-order valence-corrected chi connectivity index (χ0v) is 13.2. The lowest BCUT2D eigenvalue weighted by molar-refractivity contribution is 0.203. The first-order valence-corrected chi connectivity index (χ1v) is 7.82. The van der Waals surface area contributed by atoms with Crippen molar-refractivity contribution in [3.8, 4) is 5.75 Å². The molecule has 0 saturated carbocycles. The lowest BCUT2D eigenvalue weighted by Crippen LogP contribution is -2.55. The second-order valence-corrected chi connectivity index (χ2v) is 6.47. The molecule has 1 aromatic carbocycles. The van der Waals surface area contributed by atoms with Crippen molar-refractivity contribution < 1.29 is 4.74 Å². The molecule has 1 aromatic rings. The third-order valence-electron chi connectivity index (χ3n) is 4.40. The molecule has 2 aliphatic heterocycles. The average molecular weight is 325 g/mol. The Hall–Kier alpha value is -0.740. The van der Waals surface area contributed by atoms with E-state index in [1.807, 2.05) is 0 Å². The maximum absolute atomic E-state index is 5.41. The van der Waals surface area contributed by atoms with Gasteiger partial charge < -0.3 is 9.64 Å². The second kappa shape index (κ2) is 5.33. The number of methoxy groups -OCH3 is 1. The van der Waals surface area contributed by atoms with Crippen molar-refractivity contribution in [1.29, 1.82) is 0 Å². The van der Waals surface area contributed by atoms with Crippen molar-refractivity contribution in [3.63, 3.8) is 0 Å². The van der Waals surface area contributed by atoms with Gasteiger partial charge in [-0.15, -0.1) is 0 Å². The van der Waals surface area contributed by atoms with Crippen molar-refractivity contribution in [2.24, 2.45) is 0 Å². The van der Waals surface area contributed by atoms with E-state index in [0.29, 0.717) is 6.04 Å². The number of anilines is 1. The molecule has 0 bridgehead atoms. The Bertz CT molecular complexity index is 465. The molecule has 19 heavy (non-hydrogen) atoms. The highest BCUT2D eigenvalue weighted by Gasteiger charge is 2.34. The van der Waals surface area contributed by atoms with Crippen molar-refractivity contribution in [1.82, 2.24) is 4.90 Å². The van der Waals surface area contributed by atoms with Crippen molar-refractivity contribution in [2.75, 3.05) is 31.6 Å². The fourth-order valence-electron chi connectivity index (χ4n) is 3.37. The Kier molecular flexibility index (Phi) is 3.72. The Labute approximate surface area is 123 Å². The van der Waals surface area contributed by atoms with Crippen LogP contribution in [-0.4, -0.2) is 43.7 Å². The highest BCUT2D eigenvalue weighted by Crippen LogP contribution is 2.33. The normalized spacial score (nSPS) is 27.4. The number of benzene rings is 1. The summed E-state index contributed by atoms with van der Waals surface area (Å²) in [6.07, 6.45) is 2.70. The molecule has 4 heteroatoms. The van der Waals surface area contributed by atoms with Crippen LogP contribution in [0.5, 0.6) is 5.75 Å². The maximum Gasteiger partial charge on any atom is 0.135 e. The second-order valence-electron chi connectivity index (χ2n) is 5.61. The molecule has 0 aliphatic carbocycles. The van der Waals surface area contributed by atoms with Gasteiger partial charge in [-0.1, -0.05) is 0 Å². The summed E-state index contributed by atoms with van der Waals surface area (Å²) >= 11 is 3.52. The fourth-order valence-corrected chi connectivity index (χ4v) is 3.78. The summed E-state index contributed by atoms with van der Waals surface area (Å²) in [5.74, 6) is 0.915. The molecule has 2 fully saturated rings. The summed E-state index contributed by atoms with van der Waals surface area (Å²) in [4.78, 5) is 5.18. The molecular formula is C15H21BrN2O. The van der Waals surface area contributed by atoms with E-state index in [0.717, 1.165) is 22.8 Å². The van der Waals surface area contributed by atoms with Gasteiger partial charge in [0, 0.05) is 36.9 Å². The summed E-state index contributed by atoms with van der Waals surface area (Å²) in [6.45, 7) is 5.94. The van der Waals surface area contributed by atoms with E-state index in [4.69, 9.17) is 4.74 Å². The van der Waals surface area contributed by atoms with Gasteiger partial charge in [-0.05, 0) is 54.4 Å².